The Bertz CT molecular complexity index is 491. The predicted molar refractivity (Wildman–Crippen MR) is 77.2 cm³/mol. The van der Waals surface area contributed by atoms with Crippen molar-refractivity contribution in [2.45, 2.75) is 13.3 Å². The summed E-state index contributed by atoms with van der Waals surface area (Å²) in [6.45, 7) is 2.57. The van der Waals surface area contributed by atoms with Gasteiger partial charge in [-0.2, -0.15) is 0 Å². The van der Waals surface area contributed by atoms with Gasteiger partial charge in [-0.25, -0.2) is 0 Å². The first kappa shape index (κ1) is 15.9. The highest BCUT2D eigenvalue weighted by Crippen LogP contribution is 2.29. The fourth-order valence-electron chi connectivity index (χ4n) is 1.65. The van der Waals surface area contributed by atoms with Crippen molar-refractivity contribution < 1.29 is 14.5 Å². The SMILES string of the molecule is COCCCNc1ccc(N(C)C(C)=O)cc1[N+](=O)[O-]. The molecule has 0 aromatic heterocycles. The molecule has 0 heterocycles. The Balaban J connectivity index is 2.90. The van der Waals surface area contributed by atoms with Crippen molar-refractivity contribution in [1.29, 1.82) is 0 Å². The highest BCUT2D eigenvalue weighted by atomic mass is 16.6. The molecule has 0 aliphatic carbocycles. The Morgan fingerprint density at radius 2 is 2.20 bits per heavy atom. The van der Waals surface area contributed by atoms with Crippen LogP contribution in [0, 0.1) is 10.1 Å². The number of amides is 1. The molecule has 0 aliphatic heterocycles. The molecule has 7 nitrogen and oxygen atoms in total. The third-order valence-electron chi connectivity index (χ3n) is 2.88. The van der Waals surface area contributed by atoms with Gasteiger partial charge in [0, 0.05) is 40.3 Å². The number of rotatable bonds is 7. The molecular formula is C13H19N3O4. The van der Waals surface area contributed by atoms with Crippen LogP contribution in [0.3, 0.4) is 0 Å². The van der Waals surface area contributed by atoms with Gasteiger partial charge in [-0.3, -0.25) is 14.9 Å². The number of hydrogen-bond acceptors (Lipinski definition) is 5. The fourth-order valence-corrected chi connectivity index (χ4v) is 1.65. The summed E-state index contributed by atoms with van der Waals surface area (Å²) in [6, 6.07) is 4.67. The summed E-state index contributed by atoms with van der Waals surface area (Å²) in [4.78, 5) is 23.3. The van der Waals surface area contributed by atoms with E-state index in [-0.39, 0.29) is 11.6 Å². The zero-order chi connectivity index (χ0) is 15.1. The van der Waals surface area contributed by atoms with Crippen LogP contribution in [0.15, 0.2) is 18.2 Å². The molecule has 1 rings (SSSR count). The van der Waals surface area contributed by atoms with Crippen molar-refractivity contribution in [1.82, 2.24) is 0 Å². The van der Waals surface area contributed by atoms with E-state index in [1.54, 1.807) is 26.3 Å². The van der Waals surface area contributed by atoms with E-state index in [9.17, 15) is 14.9 Å². The summed E-state index contributed by atoms with van der Waals surface area (Å²) in [5.41, 5.74) is 0.881. The van der Waals surface area contributed by atoms with Gasteiger partial charge < -0.3 is 15.0 Å². The van der Waals surface area contributed by atoms with Gasteiger partial charge in [0.25, 0.3) is 5.69 Å². The lowest BCUT2D eigenvalue weighted by molar-refractivity contribution is -0.383. The number of nitrogens with zero attached hydrogens (tertiary/aromatic N) is 2. The summed E-state index contributed by atoms with van der Waals surface area (Å²) in [5, 5.41) is 14.1. The number of benzene rings is 1. The Morgan fingerprint density at radius 1 is 1.50 bits per heavy atom. The quantitative estimate of drug-likeness (QED) is 0.469. The maximum Gasteiger partial charge on any atom is 0.294 e. The van der Waals surface area contributed by atoms with Crippen LogP contribution in [0.4, 0.5) is 17.1 Å². The number of anilines is 2. The van der Waals surface area contributed by atoms with Gasteiger partial charge in [0.15, 0.2) is 0 Å². The van der Waals surface area contributed by atoms with Crippen molar-refractivity contribution in [2.24, 2.45) is 0 Å². The third kappa shape index (κ3) is 4.20. The number of carbonyl (C=O) groups excluding carboxylic acids is 1. The van der Waals surface area contributed by atoms with Gasteiger partial charge in [-0.15, -0.1) is 0 Å². The van der Waals surface area contributed by atoms with Crippen LogP contribution in [0.25, 0.3) is 0 Å². The van der Waals surface area contributed by atoms with Crippen LogP contribution in [-0.2, 0) is 9.53 Å². The molecular weight excluding hydrogens is 262 g/mol. The summed E-state index contributed by atoms with van der Waals surface area (Å²) in [6.07, 6.45) is 0.753. The van der Waals surface area contributed by atoms with Crippen molar-refractivity contribution in [3.63, 3.8) is 0 Å². The zero-order valence-electron chi connectivity index (χ0n) is 11.9. The minimum atomic E-state index is -0.462. The molecule has 0 atom stereocenters. The molecule has 1 aromatic rings. The van der Waals surface area contributed by atoms with E-state index in [1.165, 1.54) is 17.9 Å². The van der Waals surface area contributed by atoms with E-state index in [1.807, 2.05) is 0 Å². The van der Waals surface area contributed by atoms with E-state index in [0.717, 1.165) is 6.42 Å². The number of methoxy groups -OCH3 is 1. The van der Waals surface area contributed by atoms with Crippen LogP contribution < -0.4 is 10.2 Å². The van der Waals surface area contributed by atoms with Crippen LogP contribution in [-0.4, -0.2) is 38.1 Å². The first-order chi connectivity index (χ1) is 9.47. The average Bonchev–Trinajstić information content (AvgIpc) is 2.42. The van der Waals surface area contributed by atoms with Crippen molar-refractivity contribution in [3.05, 3.63) is 28.3 Å². The first-order valence-electron chi connectivity index (χ1n) is 6.23. The Labute approximate surface area is 117 Å². The van der Waals surface area contributed by atoms with Gasteiger partial charge in [0.1, 0.15) is 5.69 Å². The molecule has 0 unspecified atom stereocenters. The second-order valence-corrected chi connectivity index (χ2v) is 4.31. The molecule has 0 bridgehead atoms. The standard InChI is InChI=1S/C13H19N3O4/c1-10(17)15(2)11-5-6-12(13(9-11)16(18)19)14-7-4-8-20-3/h5-6,9,14H,4,7-8H2,1-3H3. The highest BCUT2D eigenvalue weighted by molar-refractivity contribution is 5.91. The largest absolute Gasteiger partial charge is 0.385 e. The Hall–Kier alpha value is -2.15. The minimum absolute atomic E-state index is 0.0481. The van der Waals surface area contributed by atoms with Crippen LogP contribution in [0.2, 0.25) is 0 Å². The number of nitro groups is 1. The number of nitro benzene ring substituents is 1. The first-order valence-corrected chi connectivity index (χ1v) is 6.23. The lowest BCUT2D eigenvalue weighted by atomic mass is 10.2. The van der Waals surface area contributed by atoms with E-state index in [0.29, 0.717) is 24.5 Å². The summed E-state index contributed by atoms with van der Waals surface area (Å²) in [7, 11) is 3.18. The number of ether oxygens (including phenoxy) is 1. The fraction of sp³-hybridized carbons (Fsp3) is 0.462. The third-order valence-corrected chi connectivity index (χ3v) is 2.88. The molecule has 1 N–H and O–H groups in total. The molecule has 0 fully saturated rings. The summed E-state index contributed by atoms with van der Waals surface area (Å²) < 4.78 is 4.92. The molecule has 0 saturated heterocycles. The van der Waals surface area contributed by atoms with E-state index in [4.69, 9.17) is 4.74 Å². The van der Waals surface area contributed by atoms with Gasteiger partial charge in [-0.1, -0.05) is 0 Å². The van der Waals surface area contributed by atoms with Crippen molar-refractivity contribution in [2.75, 3.05) is 37.5 Å². The maximum absolute atomic E-state index is 11.3. The maximum atomic E-state index is 11.3. The Morgan fingerprint density at radius 3 is 2.75 bits per heavy atom. The normalized spacial score (nSPS) is 10.2. The summed E-state index contributed by atoms with van der Waals surface area (Å²) >= 11 is 0. The monoisotopic (exact) mass is 281 g/mol. The summed E-state index contributed by atoms with van der Waals surface area (Å²) in [5.74, 6) is -0.180. The van der Waals surface area contributed by atoms with Crippen LogP contribution in [0.1, 0.15) is 13.3 Å². The van der Waals surface area contributed by atoms with Crippen LogP contribution in [0.5, 0.6) is 0 Å². The van der Waals surface area contributed by atoms with Gasteiger partial charge in [0.2, 0.25) is 5.91 Å². The minimum Gasteiger partial charge on any atom is -0.385 e. The molecule has 1 aromatic carbocycles. The smallest absolute Gasteiger partial charge is 0.294 e. The predicted octanol–water partition coefficient (Wildman–Crippen LogP) is 2.03. The van der Waals surface area contributed by atoms with E-state index >= 15 is 0 Å². The second kappa shape index (κ2) is 7.44. The number of carbonyl (C=O) groups is 1. The van der Waals surface area contributed by atoms with Crippen LogP contribution >= 0.6 is 0 Å². The number of nitrogens with one attached hydrogen (secondary N) is 1. The lowest BCUT2D eigenvalue weighted by Gasteiger charge is -2.16. The van der Waals surface area contributed by atoms with Gasteiger partial charge in [0.05, 0.1) is 10.6 Å². The number of hydrogen-bond donors (Lipinski definition) is 1. The molecule has 7 heteroatoms. The molecule has 0 aliphatic rings. The van der Waals surface area contributed by atoms with Gasteiger partial charge in [-0.05, 0) is 18.6 Å². The molecule has 0 radical (unpaired) electrons. The van der Waals surface area contributed by atoms with E-state index in [2.05, 4.69) is 5.32 Å². The van der Waals surface area contributed by atoms with Gasteiger partial charge >= 0.3 is 0 Å². The zero-order valence-corrected chi connectivity index (χ0v) is 11.9. The topological polar surface area (TPSA) is 84.7 Å². The Kier molecular flexibility index (Phi) is 5.92. The molecule has 0 saturated carbocycles. The average molecular weight is 281 g/mol. The van der Waals surface area contributed by atoms with Crippen molar-refractivity contribution >= 4 is 23.0 Å². The van der Waals surface area contributed by atoms with Crippen molar-refractivity contribution in [3.8, 4) is 0 Å². The van der Waals surface area contributed by atoms with E-state index < -0.39 is 4.92 Å². The highest BCUT2D eigenvalue weighted by Gasteiger charge is 2.16. The molecule has 20 heavy (non-hydrogen) atoms. The molecule has 1 amide bonds. The lowest BCUT2D eigenvalue weighted by Crippen LogP contribution is -2.22. The molecule has 110 valence electrons. The molecule has 0 spiro atoms. The second-order valence-electron chi connectivity index (χ2n) is 4.31.